The van der Waals surface area contributed by atoms with Crippen LogP contribution >= 0.6 is 0 Å². The van der Waals surface area contributed by atoms with Crippen LogP contribution in [0.15, 0.2) is 48.0 Å². The molecule has 124 valence electrons. The van der Waals surface area contributed by atoms with Crippen LogP contribution in [0.2, 0.25) is 0 Å². The summed E-state index contributed by atoms with van der Waals surface area (Å²) in [5.74, 6) is -2.75. The molecule has 2 aromatic carbocycles. The fourth-order valence-corrected chi connectivity index (χ4v) is 2.79. The van der Waals surface area contributed by atoms with Gasteiger partial charge in [-0.2, -0.15) is 5.26 Å². The van der Waals surface area contributed by atoms with Gasteiger partial charge in [0.2, 0.25) is 0 Å². The number of hydrogen-bond donors (Lipinski definition) is 1. The minimum Gasteiger partial charge on any atom is -0.477 e. The second kappa shape index (κ2) is 6.21. The third-order valence-electron chi connectivity index (χ3n) is 4.01. The minimum atomic E-state index is -1.52. The van der Waals surface area contributed by atoms with E-state index in [1.165, 1.54) is 23.1 Å². The van der Waals surface area contributed by atoms with E-state index in [4.69, 9.17) is 5.26 Å². The molecule has 1 aliphatic heterocycles. The number of rotatable bonds is 3. The highest BCUT2D eigenvalue weighted by atomic mass is 19.1. The van der Waals surface area contributed by atoms with Gasteiger partial charge in [0.15, 0.2) is 5.57 Å². The highest BCUT2D eigenvalue weighted by Gasteiger charge is 2.36. The summed E-state index contributed by atoms with van der Waals surface area (Å²) in [5.41, 5.74) is 1.44. The van der Waals surface area contributed by atoms with Crippen LogP contribution in [0.25, 0.3) is 5.57 Å². The van der Waals surface area contributed by atoms with Crippen molar-refractivity contribution in [2.24, 2.45) is 0 Å². The third-order valence-corrected chi connectivity index (χ3v) is 4.01. The Bertz CT molecular complexity index is 956. The molecule has 1 aliphatic rings. The quantitative estimate of drug-likeness (QED) is 0.690. The van der Waals surface area contributed by atoms with E-state index in [1.54, 1.807) is 0 Å². The van der Waals surface area contributed by atoms with Crippen molar-refractivity contribution in [1.82, 2.24) is 0 Å². The van der Waals surface area contributed by atoms with Crippen molar-refractivity contribution in [2.45, 2.75) is 13.5 Å². The molecule has 0 atom stereocenters. The first-order valence-corrected chi connectivity index (χ1v) is 7.47. The SMILES string of the molecule is Cc1ccc(CN2C(=O)/C(=C(\C#N)C(=O)O)c3cc(F)ccc32)cc1. The number of benzene rings is 2. The maximum atomic E-state index is 13.6. The number of halogens is 1. The lowest BCUT2D eigenvalue weighted by molar-refractivity contribution is -0.132. The summed E-state index contributed by atoms with van der Waals surface area (Å²) in [5, 5.41) is 18.3. The summed E-state index contributed by atoms with van der Waals surface area (Å²) < 4.78 is 13.6. The zero-order valence-electron chi connectivity index (χ0n) is 13.3. The van der Waals surface area contributed by atoms with E-state index < -0.39 is 23.3 Å². The lowest BCUT2D eigenvalue weighted by atomic mass is 10.0. The second-order valence-corrected chi connectivity index (χ2v) is 5.71. The lowest BCUT2D eigenvalue weighted by Gasteiger charge is -2.17. The zero-order valence-corrected chi connectivity index (χ0v) is 13.3. The Labute approximate surface area is 143 Å². The van der Waals surface area contributed by atoms with Crippen molar-refractivity contribution in [3.05, 3.63) is 70.5 Å². The van der Waals surface area contributed by atoms with Crippen LogP contribution in [0.3, 0.4) is 0 Å². The Morgan fingerprint density at radius 2 is 1.92 bits per heavy atom. The van der Waals surface area contributed by atoms with Crippen LogP contribution in [-0.4, -0.2) is 17.0 Å². The normalized spacial score (nSPS) is 14.9. The fourth-order valence-electron chi connectivity index (χ4n) is 2.79. The van der Waals surface area contributed by atoms with Crippen LogP contribution < -0.4 is 4.90 Å². The van der Waals surface area contributed by atoms with Crippen LogP contribution in [0.5, 0.6) is 0 Å². The Kier molecular flexibility index (Phi) is 4.07. The van der Waals surface area contributed by atoms with E-state index in [0.29, 0.717) is 5.69 Å². The number of carboxylic acid groups (broad SMARTS) is 1. The highest BCUT2D eigenvalue weighted by Crippen LogP contribution is 2.39. The molecule has 0 spiro atoms. The summed E-state index contributed by atoms with van der Waals surface area (Å²) in [6.45, 7) is 2.13. The summed E-state index contributed by atoms with van der Waals surface area (Å²) in [6.07, 6.45) is 0. The topological polar surface area (TPSA) is 81.4 Å². The van der Waals surface area contributed by atoms with Gasteiger partial charge in [0.25, 0.3) is 5.91 Å². The second-order valence-electron chi connectivity index (χ2n) is 5.71. The first-order valence-electron chi connectivity index (χ1n) is 7.47. The number of carbonyl (C=O) groups excluding carboxylic acids is 1. The van der Waals surface area contributed by atoms with Gasteiger partial charge in [-0.05, 0) is 30.7 Å². The maximum absolute atomic E-state index is 13.6. The van der Waals surface area contributed by atoms with E-state index in [2.05, 4.69) is 0 Å². The summed E-state index contributed by atoms with van der Waals surface area (Å²) in [6, 6.07) is 12.7. The van der Waals surface area contributed by atoms with E-state index in [-0.39, 0.29) is 17.7 Å². The molecular weight excluding hydrogens is 323 g/mol. The van der Waals surface area contributed by atoms with Crippen molar-refractivity contribution >= 4 is 23.1 Å². The third kappa shape index (κ3) is 2.88. The van der Waals surface area contributed by atoms with Gasteiger partial charge >= 0.3 is 5.97 Å². The first kappa shape index (κ1) is 16.4. The molecule has 0 aliphatic carbocycles. The predicted octanol–water partition coefficient (Wildman–Crippen LogP) is 3.04. The smallest absolute Gasteiger partial charge is 0.347 e. The number of aliphatic carboxylic acids is 1. The molecule has 2 aromatic rings. The van der Waals surface area contributed by atoms with Gasteiger partial charge in [-0.1, -0.05) is 29.8 Å². The zero-order chi connectivity index (χ0) is 18.1. The summed E-state index contributed by atoms with van der Waals surface area (Å²) >= 11 is 0. The molecule has 5 nitrogen and oxygen atoms in total. The molecule has 0 bridgehead atoms. The Hall–Kier alpha value is -3.46. The molecule has 0 radical (unpaired) electrons. The lowest BCUT2D eigenvalue weighted by Crippen LogP contribution is -2.26. The van der Waals surface area contributed by atoms with Gasteiger partial charge in [-0.3, -0.25) is 4.79 Å². The van der Waals surface area contributed by atoms with E-state index in [0.717, 1.165) is 17.2 Å². The van der Waals surface area contributed by atoms with Crippen LogP contribution in [0.1, 0.15) is 16.7 Å². The molecule has 0 saturated heterocycles. The number of nitriles is 1. The van der Waals surface area contributed by atoms with Crippen LogP contribution in [0, 0.1) is 24.1 Å². The Morgan fingerprint density at radius 1 is 1.24 bits per heavy atom. The number of aryl methyl sites for hydroxylation is 1. The molecule has 0 saturated carbocycles. The standard InChI is InChI=1S/C19H13FN2O3/c1-11-2-4-12(5-3-11)10-22-16-7-6-13(20)8-14(16)17(18(22)23)15(9-21)19(24)25/h2-8H,10H2,1H3,(H,24,25)/b17-15+. The van der Waals surface area contributed by atoms with Gasteiger partial charge in [0.1, 0.15) is 11.9 Å². The fraction of sp³-hybridized carbons (Fsp3) is 0.105. The average molecular weight is 336 g/mol. The average Bonchev–Trinajstić information content (AvgIpc) is 2.83. The minimum absolute atomic E-state index is 0.121. The largest absolute Gasteiger partial charge is 0.477 e. The monoisotopic (exact) mass is 336 g/mol. The molecule has 6 heteroatoms. The van der Waals surface area contributed by atoms with Crippen molar-refractivity contribution < 1.29 is 19.1 Å². The van der Waals surface area contributed by atoms with Crippen molar-refractivity contribution in [3.8, 4) is 6.07 Å². The van der Waals surface area contributed by atoms with Crippen LogP contribution in [0.4, 0.5) is 10.1 Å². The predicted molar refractivity (Wildman–Crippen MR) is 88.9 cm³/mol. The molecule has 1 N–H and O–H groups in total. The van der Waals surface area contributed by atoms with E-state index in [9.17, 15) is 19.1 Å². The number of carboxylic acids is 1. The number of nitrogens with zero attached hydrogens (tertiary/aromatic N) is 2. The number of amides is 1. The van der Waals surface area contributed by atoms with Gasteiger partial charge in [-0.25, -0.2) is 9.18 Å². The Balaban J connectivity index is 2.14. The van der Waals surface area contributed by atoms with Crippen molar-refractivity contribution in [3.63, 3.8) is 0 Å². The van der Waals surface area contributed by atoms with Crippen molar-refractivity contribution in [2.75, 3.05) is 4.90 Å². The molecule has 1 heterocycles. The van der Waals surface area contributed by atoms with Crippen LogP contribution in [-0.2, 0) is 16.1 Å². The highest BCUT2D eigenvalue weighted by molar-refractivity contribution is 6.36. The van der Waals surface area contributed by atoms with Crippen molar-refractivity contribution in [1.29, 1.82) is 5.26 Å². The van der Waals surface area contributed by atoms with Gasteiger partial charge in [-0.15, -0.1) is 0 Å². The molecular formula is C19H13FN2O3. The van der Waals surface area contributed by atoms with Gasteiger partial charge in [0.05, 0.1) is 17.8 Å². The van der Waals surface area contributed by atoms with Gasteiger partial charge < -0.3 is 10.0 Å². The number of fused-ring (bicyclic) bond motifs is 1. The van der Waals surface area contributed by atoms with E-state index in [1.807, 2.05) is 31.2 Å². The summed E-state index contributed by atoms with van der Waals surface area (Å²) in [4.78, 5) is 25.5. The first-order chi connectivity index (χ1) is 11.9. The molecule has 0 unspecified atom stereocenters. The number of carbonyl (C=O) groups is 2. The molecule has 1 amide bonds. The number of hydrogen-bond acceptors (Lipinski definition) is 3. The number of anilines is 1. The molecule has 0 aromatic heterocycles. The molecule has 25 heavy (non-hydrogen) atoms. The molecule has 3 rings (SSSR count). The van der Waals surface area contributed by atoms with E-state index >= 15 is 0 Å². The maximum Gasteiger partial charge on any atom is 0.347 e. The Morgan fingerprint density at radius 3 is 2.52 bits per heavy atom. The van der Waals surface area contributed by atoms with Gasteiger partial charge in [0, 0.05) is 5.56 Å². The summed E-state index contributed by atoms with van der Waals surface area (Å²) in [7, 11) is 0. The molecule has 0 fully saturated rings.